The van der Waals surface area contributed by atoms with Gasteiger partial charge in [0, 0.05) is 38.2 Å². The molecule has 0 spiro atoms. The van der Waals surface area contributed by atoms with Crippen molar-refractivity contribution in [3.63, 3.8) is 0 Å². The van der Waals surface area contributed by atoms with Crippen molar-refractivity contribution in [1.29, 1.82) is 0 Å². The number of rotatable bonds is 11. The van der Waals surface area contributed by atoms with Gasteiger partial charge >= 0.3 is 0 Å². The molecule has 0 bridgehead atoms. The first-order chi connectivity index (χ1) is 20.5. The average molecular weight is 690 g/mol. The van der Waals surface area contributed by atoms with Crippen molar-refractivity contribution in [3.8, 4) is 22.9 Å². The summed E-state index contributed by atoms with van der Waals surface area (Å²) in [5.74, 6) is 0.0589. The number of sulfonamides is 1. The number of carbonyl (C=O) groups is 1. The smallest absolute Gasteiger partial charge is 0.265 e. The van der Waals surface area contributed by atoms with Crippen LogP contribution in [0.2, 0.25) is 5.02 Å². The lowest BCUT2D eigenvalue weighted by atomic mass is 10.2. The molecular formula is C30H30BrClN4O6S. The average Bonchev–Trinajstić information content (AvgIpc) is 3.27. The molecule has 1 amide bonds. The van der Waals surface area contributed by atoms with Crippen LogP contribution >= 0.6 is 27.5 Å². The van der Waals surface area contributed by atoms with Crippen LogP contribution in [0.1, 0.15) is 17.0 Å². The lowest BCUT2D eigenvalue weighted by Crippen LogP contribution is -2.39. The molecule has 0 unspecified atom stereocenters. The maximum absolute atomic E-state index is 14.0. The number of benzene rings is 3. The number of carbonyl (C=O) groups excluding carboxylic acids is 1. The van der Waals surface area contributed by atoms with Crippen molar-refractivity contribution < 1.29 is 27.4 Å². The van der Waals surface area contributed by atoms with Crippen LogP contribution in [0.15, 0.2) is 81.2 Å². The van der Waals surface area contributed by atoms with Gasteiger partial charge in [0.1, 0.15) is 12.3 Å². The molecule has 1 aromatic heterocycles. The molecule has 13 heteroatoms. The molecule has 0 aliphatic carbocycles. The number of aromatic nitrogens is 1. The fraction of sp³-hybridized carbons (Fsp3) is 0.200. The summed E-state index contributed by atoms with van der Waals surface area (Å²) in [4.78, 5) is 13.0. The van der Waals surface area contributed by atoms with E-state index in [2.05, 4.69) is 31.0 Å². The highest BCUT2D eigenvalue weighted by atomic mass is 79.9. The zero-order chi connectivity index (χ0) is 31.3. The minimum absolute atomic E-state index is 0.0708. The van der Waals surface area contributed by atoms with Gasteiger partial charge in [0.2, 0.25) is 0 Å². The predicted molar refractivity (Wildman–Crippen MR) is 171 cm³/mol. The number of anilines is 1. The van der Waals surface area contributed by atoms with E-state index in [4.69, 9.17) is 25.8 Å². The van der Waals surface area contributed by atoms with Crippen molar-refractivity contribution in [2.45, 2.75) is 18.7 Å². The van der Waals surface area contributed by atoms with Gasteiger partial charge in [-0.25, -0.2) is 13.8 Å². The Morgan fingerprint density at radius 1 is 0.977 bits per heavy atom. The second kappa shape index (κ2) is 13.5. The number of nitrogens with zero attached hydrogens (tertiary/aromatic N) is 3. The van der Waals surface area contributed by atoms with E-state index < -0.39 is 22.5 Å². The van der Waals surface area contributed by atoms with Crippen LogP contribution in [0.5, 0.6) is 17.2 Å². The maximum atomic E-state index is 14.0. The second-order valence-electron chi connectivity index (χ2n) is 9.28. The highest BCUT2D eigenvalue weighted by Crippen LogP contribution is 2.37. The number of amides is 1. The van der Waals surface area contributed by atoms with E-state index in [0.717, 1.165) is 31.4 Å². The lowest BCUT2D eigenvalue weighted by molar-refractivity contribution is -0.119. The molecular weight excluding hydrogens is 660 g/mol. The van der Waals surface area contributed by atoms with Gasteiger partial charge in [0.15, 0.2) is 11.5 Å². The molecule has 1 heterocycles. The third kappa shape index (κ3) is 6.98. The predicted octanol–water partition coefficient (Wildman–Crippen LogP) is 5.88. The zero-order valence-electron chi connectivity index (χ0n) is 24.1. The third-order valence-electron chi connectivity index (χ3n) is 6.57. The number of halogens is 2. The van der Waals surface area contributed by atoms with Crippen molar-refractivity contribution in [2.24, 2.45) is 5.10 Å². The van der Waals surface area contributed by atoms with E-state index >= 15 is 0 Å². The second-order valence-corrected chi connectivity index (χ2v) is 12.5. The van der Waals surface area contributed by atoms with Gasteiger partial charge in [0.25, 0.3) is 15.9 Å². The monoisotopic (exact) mass is 688 g/mol. The standard InChI is InChI=1S/C30H30BrClN4O6S/c1-19-13-21(20(2)36(19)24-8-6-7-22(31)14-24)17-33-34-30(37)18-35(26-15-23(32)9-11-27(26)40-3)43(38,39)25-10-12-28(41-4)29(16-25)42-5/h6-17H,18H2,1-5H3,(H,34,37)/b33-17-. The molecule has 1 N–H and O–H groups in total. The zero-order valence-corrected chi connectivity index (χ0v) is 27.2. The van der Waals surface area contributed by atoms with Crippen molar-refractivity contribution in [1.82, 2.24) is 9.99 Å². The van der Waals surface area contributed by atoms with E-state index in [0.29, 0.717) is 5.75 Å². The first-order valence-corrected chi connectivity index (χ1v) is 15.5. The minimum atomic E-state index is -4.34. The Kier molecular flexibility index (Phi) is 10.0. The van der Waals surface area contributed by atoms with E-state index in [1.165, 1.54) is 57.9 Å². The Morgan fingerprint density at radius 3 is 2.35 bits per heavy atom. The molecule has 3 aromatic carbocycles. The number of hydrogen-bond donors (Lipinski definition) is 1. The van der Waals surface area contributed by atoms with Crippen LogP contribution in [0.4, 0.5) is 5.69 Å². The number of nitrogens with one attached hydrogen (secondary N) is 1. The van der Waals surface area contributed by atoms with Crippen LogP contribution in [0.3, 0.4) is 0 Å². The lowest BCUT2D eigenvalue weighted by Gasteiger charge is -2.25. The van der Waals surface area contributed by atoms with Gasteiger partial charge in [-0.05, 0) is 68.4 Å². The van der Waals surface area contributed by atoms with Crippen molar-refractivity contribution in [2.75, 3.05) is 32.2 Å². The third-order valence-corrected chi connectivity index (χ3v) is 9.05. The molecule has 226 valence electrons. The molecule has 4 aromatic rings. The molecule has 0 aliphatic rings. The topological polar surface area (TPSA) is 111 Å². The van der Waals surface area contributed by atoms with E-state index in [1.807, 2.05) is 44.2 Å². The molecule has 10 nitrogen and oxygen atoms in total. The summed E-state index contributed by atoms with van der Waals surface area (Å²) in [5, 5.41) is 4.37. The van der Waals surface area contributed by atoms with Gasteiger partial charge in [-0.1, -0.05) is 33.6 Å². The SMILES string of the molecule is COc1ccc(S(=O)(=O)N(CC(=O)N/N=C\c2cc(C)n(-c3cccc(Br)c3)c2C)c2cc(Cl)ccc2OC)cc1OC. The normalized spacial score (nSPS) is 11.4. The van der Waals surface area contributed by atoms with E-state index in [9.17, 15) is 13.2 Å². The van der Waals surface area contributed by atoms with Crippen LogP contribution in [0, 0.1) is 13.8 Å². The van der Waals surface area contributed by atoms with Crippen LogP contribution in [-0.2, 0) is 14.8 Å². The Morgan fingerprint density at radius 2 is 1.67 bits per heavy atom. The van der Waals surface area contributed by atoms with Crippen LogP contribution < -0.4 is 23.9 Å². The molecule has 0 aliphatic heterocycles. The highest BCUT2D eigenvalue weighted by Gasteiger charge is 2.30. The first-order valence-electron chi connectivity index (χ1n) is 12.8. The van der Waals surface area contributed by atoms with Crippen molar-refractivity contribution >= 4 is 55.4 Å². The Bertz CT molecular complexity index is 1790. The fourth-order valence-electron chi connectivity index (χ4n) is 4.53. The molecule has 43 heavy (non-hydrogen) atoms. The number of hydrazone groups is 1. The van der Waals surface area contributed by atoms with E-state index in [-0.39, 0.29) is 27.1 Å². The minimum Gasteiger partial charge on any atom is -0.495 e. The molecule has 0 saturated heterocycles. The fourth-order valence-corrected chi connectivity index (χ4v) is 6.53. The molecule has 4 rings (SSSR count). The summed E-state index contributed by atoms with van der Waals surface area (Å²) in [6.45, 7) is 3.29. The summed E-state index contributed by atoms with van der Waals surface area (Å²) in [6, 6.07) is 18.5. The van der Waals surface area contributed by atoms with Crippen LogP contribution in [0.25, 0.3) is 5.69 Å². The van der Waals surface area contributed by atoms with Crippen LogP contribution in [-0.4, -0.2) is 53.0 Å². The molecule has 0 fully saturated rings. The van der Waals surface area contributed by atoms with E-state index in [1.54, 1.807) is 6.07 Å². The molecule has 0 atom stereocenters. The molecule has 0 radical (unpaired) electrons. The van der Waals surface area contributed by atoms with Gasteiger partial charge in [0.05, 0.1) is 38.1 Å². The summed E-state index contributed by atoms with van der Waals surface area (Å²) in [5.41, 5.74) is 6.15. The number of ether oxygens (including phenoxy) is 3. The van der Waals surface area contributed by atoms with Gasteiger partial charge < -0.3 is 18.8 Å². The maximum Gasteiger partial charge on any atom is 0.265 e. The quantitative estimate of drug-likeness (QED) is 0.156. The Hall–Kier alpha value is -4.00. The van der Waals surface area contributed by atoms with Gasteiger partial charge in [-0.15, -0.1) is 0 Å². The number of hydrogen-bond acceptors (Lipinski definition) is 7. The van der Waals surface area contributed by atoms with Gasteiger partial charge in [-0.3, -0.25) is 9.10 Å². The van der Waals surface area contributed by atoms with Crippen molar-refractivity contribution in [3.05, 3.63) is 93.2 Å². The first kappa shape index (κ1) is 31.9. The summed E-state index contributed by atoms with van der Waals surface area (Å²) in [7, 11) is -0.106. The Balaban J connectivity index is 1.64. The molecule has 0 saturated carbocycles. The Labute approximate surface area is 264 Å². The van der Waals surface area contributed by atoms with Gasteiger partial charge in [-0.2, -0.15) is 5.10 Å². The highest BCUT2D eigenvalue weighted by molar-refractivity contribution is 9.10. The largest absolute Gasteiger partial charge is 0.495 e. The summed E-state index contributed by atoms with van der Waals surface area (Å²) >= 11 is 9.73. The number of aryl methyl sites for hydroxylation is 1. The summed E-state index contributed by atoms with van der Waals surface area (Å²) in [6.07, 6.45) is 1.52. The summed E-state index contributed by atoms with van der Waals surface area (Å²) < 4.78 is 47.8. The number of methoxy groups -OCH3 is 3.